The fourth-order valence-corrected chi connectivity index (χ4v) is 2.72. The first-order chi connectivity index (χ1) is 8.95. The summed E-state index contributed by atoms with van der Waals surface area (Å²) in [7, 11) is 2.18. The molecule has 1 aromatic carbocycles. The molecule has 0 radical (unpaired) electrons. The summed E-state index contributed by atoms with van der Waals surface area (Å²) < 4.78 is 0. The molecule has 3 nitrogen and oxygen atoms in total. The first-order valence-electron chi connectivity index (χ1n) is 7.19. The average molecular weight is 262 g/mol. The summed E-state index contributed by atoms with van der Waals surface area (Å²) in [6.07, 6.45) is 0.396. The summed E-state index contributed by atoms with van der Waals surface area (Å²) in [6, 6.07) is 8.26. The second-order valence-corrected chi connectivity index (χ2v) is 6.14. The molecule has 1 saturated heterocycles. The second kappa shape index (κ2) is 5.51. The van der Waals surface area contributed by atoms with Crippen molar-refractivity contribution in [2.24, 2.45) is 0 Å². The zero-order valence-electron chi connectivity index (χ0n) is 12.6. The van der Waals surface area contributed by atoms with Gasteiger partial charge in [0.2, 0.25) is 0 Å². The Morgan fingerprint density at radius 3 is 2.58 bits per heavy atom. The third-order valence-corrected chi connectivity index (χ3v) is 4.34. The third-order valence-electron chi connectivity index (χ3n) is 4.34. The molecule has 0 bridgehead atoms. The molecule has 0 spiro atoms. The van der Waals surface area contributed by atoms with E-state index in [-0.39, 0.29) is 11.6 Å². The van der Waals surface area contributed by atoms with Crippen LogP contribution in [0.4, 0.5) is 5.69 Å². The van der Waals surface area contributed by atoms with Gasteiger partial charge in [-0.2, -0.15) is 0 Å². The quantitative estimate of drug-likeness (QED) is 0.907. The minimum Gasteiger partial charge on any atom is -0.388 e. The molecule has 2 rings (SSSR count). The van der Waals surface area contributed by atoms with Gasteiger partial charge in [0.25, 0.3) is 0 Å². The van der Waals surface area contributed by atoms with Crippen molar-refractivity contribution < 1.29 is 5.11 Å². The Morgan fingerprint density at radius 2 is 1.95 bits per heavy atom. The van der Waals surface area contributed by atoms with Gasteiger partial charge in [0.1, 0.15) is 0 Å². The standard InChI is InChI=1S/C16H26N2O/c1-5-15(19)13-8-6-7-9-14(13)18-11-10-17(4)16(2,3)12-18/h6-9,15,19H,5,10-12H2,1-4H3. The van der Waals surface area contributed by atoms with Crippen LogP contribution >= 0.6 is 0 Å². The average Bonchev–Trinajstić information content (AvgIpc) is 2.41. The number of hydrogen-bond donors (Lipinski definition) is 1. The van der Waals surface area contributed by atoms with Crippen LogP contribution in [0.3, 0.4) is 0 Å². The molecule has 1 aromatic rings. The Kier molecular flexibility index (Phi) is 4.16. The monoisotopic (exact) mass is 262 g/mol. The van der Waals surface area contributed by atoms with E-state index in [1.807, 2.05) is 13.0 Å². The lowest BCUT2D eigenvalue weighted by Gasteiger charge is -2.46. The maximum atomic E-state index is 10.2. The van der Waals surface area contributed by atoms with Crippen molar-refractivity contribution in [3.8, 4) is 0 Å². The fraction of sp³-hybridized carbons (Fsp3) is 0.625. The Balaban J connectivity index is 2.27. The summed E-state index contributed by atoms with van der Waals surface area (Å²) >= 11 is 0. The van der Waals surface area contributed by atoms with Gasteiger partial charge in [-0.3, -0.25) is 4.90 Å². The van der Waals surface area contributed by atoms with Crippen molar-refractivity contribution in [2.45, 2.75) is 38.8 Å². The van der Waals surface area contributed by atoms with E-state index in [0.29, 0.717) is 0 Å². The zero-order chi connectivity index (χ0) is 14.0. The van der Waals surface area contributed by atoms with Crippen molar-refractivity contribution in [3.05, 3.63) is 29.8 Å². The Bertz CT molecular complexity index is 431. The molecule has 106 valence electrons. The number of benzene rings is 1. The van der Waals surface area contributed by atoms with Crippen molar-refractivity contribution in [3.63, 3.8) is 0 Å². The van der Waals surface area contributed by atoms with Crippen LogP contribution in [0.5, 0.6) is 0 Å². The number of nitrogens with zero attached hydrogens (tertiary/aromatic N) is 2. The number of hydrogen-bond acceptors (Lipinski definition) is 3. The summed E-state index contributed by atoms with van der Waals surface area (Å²) in [5, 5.41) is 10.2. The number of rotatable bonds is 3. The van der Waals surface area contributed by atoms with Gasteiger partial charge in [-0.05, 0) is 33.4 Å². The van der Waals surface area contributed by atoms with Crippen molar-refractivity contribution in [2.75, 3.05) is 31.6 Å². The molecular weight excluding hydrogens is 236 g/mol. The maximum Gasteiger partial charge on any atom is 0.0807 e. The van der Waals surface area contributed by atoms with Crippen LogP contribution in [0.1, 0.15) is 38.9 Å². The minimum atomic E-state index is -0.362. The molecule has 1 unspecified atom stereocenters. The highest BCUT2D eigenvalue weighted by molar-refractivity contribution is 5.55. The van der Waals surface area contributed by atoms with E-state index in [9.17, 15) is 5.11 Å². The lowest BCUT2D eigenvalue weighted by Crippen LogP contribution is -2.57. The largest absolute Gasteiger partial charge is 0.388 e. The van der Waals surface area contributed by atoms with E-state index < -0.39 is 0 Å². The minimum absolute atomic E-state index is 0.169. The topological polar surface area (TPSA) is 26.7 Å². The van der Waals surface area contributed by atoms with Gasteiger partial charge in [-0.25, -0.2) is 0 Å². The SMILES string of the molecule is CCC(O)c1ccccc1N1CCN(C)C(C)(C)C1. The Labute approximate surface area is 116 Å². The molecule has 1 heterocycles. The molecule has 0 aliphatic carbocycles. The van der Waals surface area contributed by atoms with E-state index in [1.165, 1.54) is 5.69 Å². The first kappa shape index (κ1) is 14.4. The Morgan fingerprint density at radius 1 is 1.26 bits per heavy atom. The van der Waals surface area contributed by atoms with Crippen LogP contribution in [0.25, 0.3) is 0 Å². The van der Waals surface area contributed by atoms with Crippen LogP contribution < -0.4 is 4.90 Å². The third kappa shape index (κ3) is 2.93. The van der Waals surface area contributed by atoms with Crippen LogP contribution in [0.2, 0.25) is 0 Å². The highest BCUT2D eigenvalue weighted by atomic mass is 16.3. The molecule has 0 saturated carbocycles. The lowest BCUT2D eigenvalue weighted by atomic mass is 9.97. The molecule has 1 fully saturated rings. The summed E-state index contributed by atoms with van der Waals surface area (Å²) in [6.45, 7) is 9.65. The van der Waals surface area contributed by atoms with E-state index >= 15 is 0 Å². The van der Waals surface area contributed by atoms with Gasteiger partial charge in [0, 0.05) is 36.4 Å². The predicted octanol–water partition coefficient (Wildman–Crippen LogP) is 2.66. The summed E-state index contributed by atoms with van der Waals surface area (Å²) in [4.78, 5) is 4.82. The molecule has 3 heteroatoms. The summed E-state index contributed by atoms with van der Waals surface area (Å²) in [5.74, 6) is 0. The summed E-state index contributed by atoms with van der Waals surface area (Å²) in [5.41, 5.74) is 2.42. The van der Waals surface area contributed by atoms with Crippen LogP contribution in [0, 0.1) is 0 Å². The zero-order valence-corrected chi connectivity index (χ0v) is 12.6. The highest BCUT2D eigenvalue weighted by Crippen LogP contribution is 2.31. The molecule has 1 atom stereocenters. The Hall–Kier alpha value is -1.06. The number of piperazine rings is 1. The predicted molar refractivity (Wildman–Crippen MR) is 80.6 cm³/mol. The van der Waals surface area contributed by atoms with Gasteiger partial charge < -0.3 is 10.0 Å². The molecule has 1 aliphatic rings. The lowest BCUT2D eigenvalue weighted by molar-refractivity contribution is 0.137. The van der Waals surface area contributed by atoms with Gasteiger partial charge >= 0.3 is 0 Å². The van der Waals surface area contributed by atoms with Crippen LogP contribution in [-0.4, -0.2) is 42.2 Å². The number of likely N-dealkylation sites (N-methyl/N-ethyl adjacent to an activating group) is 1. The van der Waals surface area contributed by atoms with E-state index in [1.54, 1.807) is 0 Å². The van der Waals surface area contributed by atoms with Gasteiger partial charge in [0.05, 0.1) is 6.10 Å². The van der Waals surface area contributed by atoms with Crippen molar-refractivity contribution >= 4 is 5.69 Å². The normalized spacial score (nSPS) is 21.4. The molecule has 19 heavy (non-hydrogen) atoms. The molecule has 0 aromatic heterocycles. The van der Waals surface area contributed by atoms with E-state index in [0.717, 1.165) is 31.6 Å². The van der Waals surface area contributed by atoms with Crippen LogP contribution in [-0.2, 0) is 0 Å². The molecular formula is C16H26N2O. The molecule has 1 aliphatic heterocycles. The number of anilines is 1. The van der Waals surface area contributed by atoms with Gasteiger partial charge in [0.15, 0.2) is 0 Å². The molecule has 0 amide bonds. The fourth-order valence-electron chi connectivity index (χ4n) is 2.72. The van der Waals surface area contributed by atoms with Crippen molar-refractivity contribution in [1.82, 2.24) is 4.90 Å². The number of aliphatic hydroxyl groups excluding tert-OH is 1. The second-order valence-electron chi connectivity index (χ2n) is 6.14. The highest BCUT2D eigenvalue weighted by Gasteiger charge is 2.32. The van der Waals surface area contributed by atoms with Gasteiger partial charge in [-0.15, -0.1) is 0 Å². The van der Waals surface area contributed by atoms with Crippen molar-refractivity contribution in [1.29, 1.82) is 0 Å². The van der Waals surface area contributed by atoms with Gasteiger partial charge in [-0.1, -0.05) is 25.1 Å². The smallest absolute Gasteiger partial charge is 0.0807 e. The van der Waals surface area contributed by atoms with E-state index in [4.69, 9.17) is 0 Å². The number of para-hydroxylation sites is 1. The van der Waals surface area contributed by atoms with E-state index in [2.05, 4.69) is 48.9 Å². The maximum absolute atomic E-state index is 10.2. The number of aliphatic hydroxyl groups is 1. The molecule has 1 N–H and O–H groups in total. The van der Waals surface area contributed by atoms with Crippen LogP contribution in [0.15, 0.2) is 24.3 Å². The first-order valence-corrected chi connectivity index (χ1v) is 7.19.